The zero-order valence-electron chi connectivity index (χ0n) is 12.0. The highest BCUT2D eigenvalue weighted by Crippen LogP contribution is 2.12. The lowest BCUT2D eigenvalue weighted by Gasteiger charge is -2.12. The molecule has 0 saturated carbocycles. The number of amides is 2. The third-order valence-electron chi connectivity index (χ3n) is 3.21. The minimum absolute atomic E-state index is 0.0280. The molecule has 2 N–H and O–H groups in total. The minimum atomic E-state index is -2.97. The molecular weight excluding hydrogens is 292 g/mol. The van der Waals surface area contributed by atoms with Crippen LogP contribution in [0.15, 0.2) is 24.3 Å². The third-order valence-corrected chi connectivity index (χ3v) is 4.98. The summed E-state index contributed by atoms with van der Waals surface area (Å²) in [6, 6.07) is 7.03. The summed E-state index contributed by atoms with van der Waals surface area (Å²) in [6.07, 6.45) is 0.482. The molecule has 1 aliphatic heterocycles. The van der Waals surface area contributed by atoms with Crippen molar-refractivity contribution in [2.45, 2.75) is 19.4 Å². The third kappa shape index (κ3) is 5.26. The maximum atomic E-state index is 11.6. The maximum Gasteiger partial charge on any atom is 0.315 e. The Labute approximate surface area is 124 Å². The van der Waals surface area contributed by atoms with Gasteiger partial charge < -0.3 is 15.4 Å². The predicted molar refractivity (Wildman–Crippen MR) is 80.3 cm³/mol. The van der Waals surface area contributed by atoms with Crippen LogP contribution in [0.25, 0.3) is 0 Å². The lowest BCUT2D eigenvalue weighted by Crippen LogP contribution is -2.43. The van der Waals surface area contributed by atoms with Gasteiger partial charge in [-0.05, 0) is 31.0 Å². The molecule has 0 unspecified atom stereocenters. The van der Waals surface area contributed by atoms with Crippen molar-refractivity contribution in [3.8, 4) is 5.75 Å². The molecular formula is C14H20N2O4S. The number of nitrogens with one attached hydrogen (secondary N) is 2. The highest BCUT2D eigenvalue weighted by Gasteiger charge is 2.28. The highest BCUT2D eigenvalue weighted by molar-refractivity contribution is 7.91. The zero-order valence-corrected chi connectivity index (χ0v) is 12.8. The number of hydrogen-bond donors (Lipinski definition) is 2. The van der Waals surface area contributed by atoms with Crippen molar-refractivity contribution < 1.29 is 17.9 Å². The normalized spacial score (nSPS) is 20.0. The van der Waals surface area contributed by atoms with Gasteiger partial charge in [0, 0.05) is 6.04 Å². The van der Waals surface area contributed by atoms with Gasteiger partial charge in [-0.2, -0.15) is 0 Å². The number of sulfone groups is 1. The topological polar surface area (TPSA) is 84.5 Å². The molecule has 0 radical (unpaired) electrons. The Kier molecular flexibility index (Phi) is 5.06. The van der Waals surface area contributed by atoms with Crippen LogP contribution in [0.3, 0.4) is 0 Å². The Balaban J connectivity index is 1.64. The fourth-order valence-corrected chi connectivity index (χ4v) is 3.86. The fraction of sp³-hybridized carbons (Fsp3) is 0.500. The van der Waals surface area contributed by atoms with Crippen LogP contribution in [0.5, 0.6) is 5.75 Å². The first-order valence-electron chi connectivity index (χ1n) is 6.89. The summed E-state index contributed by atoms with van der Waals surface area (Å²) in [5.41, 5.74) is 1.11. The first-order chi connectivity index (χ1) is 9.94. The monoisotopic (exact) mass is 312 g/mol. The van der Waals surface area contributed by atoms with Crippen LogP contribution < -0.4 is 15.4 Å². The van der Waals surface area contributed by atoms with E-state index in [2.05, 4.69) is 10.6 Å². The molecule has 1 saturated heterocycles. The van der Waals surface area contributed by atoms with Gasteiger partial charge in [0.25, 0.3) is 0 Å². The number of hydrogen-bond acceptors (Lipinski definition) is 4. The number of benzene rings is 1. The molecule has 116 valence electrons. The molecule has 0 aromatic heterocycles. The smallest absolute Gasteiger partial charge is 0.315 e. The number of ether oxygens (including phenoxy) is 1. The molecule has 0 bridgehead atoms. The Morgan fingerprint density at radius 1 is 1.43 bits per heavy atom. The molecule has 1 aromatic carbocycles. The van der Waals surface area contributed by atoms with Crippen molar-refractivity contribution >= 4 is 15.9 Å². The molecule has 7 heteroatoms. The average molecular weight is 312 g/mol. The van der Waals surface area contributed by atoms with Gasteiger partial charge in [0.1, 0.15) is 12.4 Å². The second-order valence-corrected chi connectivity index (χ2v) is 7.39. The molecule has 21 heavy (non-hydrogen) atoms. The van der Waals surface area contributed by atoms with Crippen LogP contribution in [0.4, 0.5) is 4.79 Å². The standard InChI is InChI=1S/C14H20N2O4S/c1-11-3-2-4-13(9-11)20-7-6-15-14(17)16-12-5-8-21(18,19)10-12/h2-4,9,12H,5-8,10H2,1H3,(H2,15,16,17)/t12-/m1/s1. The van der Waals surface area contributed by atoms with Crippen LogP contribution in [-0.4, -0.2) is 45.1 Å². The predicted octanol–water partition coefficient (Wildman–Crippen LogP) is 0.860. The van der Waals surface area contributed by atoms with Gasteiger partial charge >= 0.3 is 6.03 Å². The van der Waals surface area contributed by atoms with Gasteiger partial charge in [-0.15, -0.1) is 0 Å². The van der Waals surface area contributed by atoms with E-state index < -0.39 is 9.84 Å². The van der Waals surface area contributed by atoms with Crippen LogP contribution in [0.2, 0.25) is 0 Å². The van der Waals surface area contributed by atoms with Crippen LogP contribution in [0, 0.1) is 6.92 Å². The average Bonchev–Trinajstić information content (AvgIpc) is 2.74. The van der Waals surface area contributed by atoms with Gasteiger partial charge in [-0.25, -0.2) is 13.2 Å². The van der Waals surface area contributed by atoms with Gasteiger partial charge in [0.2, 0.25) is 0 Å². The summed E-state index contributed by atoms with van der Waals surface area (Å²) in [5.74, 6) is 0.938. The highest BCUT2D eigenvalue weighted by atomic mass is 32.2. The molecule has 2 rings (SSSR count). The Morgan fingerprint density at radius 3 is 2.90 bits per heavy atom. The van der Waals surface area contributed by atoms with Crippen molar-refractivity contribution in [1.82, 2.24) is 10.6 Å². The van der Waals surface area contributed by atoms with Gasteiger partial charge in [-0.3, -0.25) is 0 Å². The quantitative estimate of drug-likeness (QED) is 0.790. The minimum Gasteiger partial charge on any atom is -0.492 e. The van der Waals surface area contributed by atoms with E-state index in [9.17, 15) is 13.2 Å². The van der Waals surface area contributed by atoms with Crippen LogP contribution in [-0.2, 0) is 9.84 Å². The van der Waals surface area contributed by atoms with E-state index >= 15 is 0 Å². The van der Waals surface area contributed by atoms with Gasteiger partial charge in [0.05, 0.1) is 18.1 Å². The Hall–Kier alpha value is -1.76. The molecule has 1 fully saturated rings. The summed E-state index contributed by atoms with van der Waals surface area (Å²) >= 11 is 0. The zero-order chi connectivity index (χ0) is 15.3. The summed E-state index contributed by atoms with van der Waals surface area (Å²) in [4.78, 5) is 11.6. The maximum absolute atomic E-state index is 11.6. The van der Waals surface area contributed by atoms with E-state index in [-0.39, 0.29) is 23.6 Å². The molecule has 0 aliphatic carbocycles. The van der Waals surface area contributed by atoms with E-state index in [1.807, 2.05) is 31.2 Å². The lowest BCUT2D eigenvalue weighted by molar-refractivity contribution is 0.233. The van der Waals surface area contributed by atoms with E-state index in [1.165, 1.54) is 0 Å². The molecule has 1 aromatic rings. The van der Waals surface area contributed by atoms with Gasteiger partial charge in [-0.1, -0.05) is 12.1 Å². The van der Waals surface area contributed by atoms with Crippen molar-refractivity contribution in [2.24, 2.45) is 0 Å². The first kappa shape index (κ1) is 15.6. The molecule has 1 heterocycles. The van der Waals surface area contributed by atoms with Crippen molar-refractivity contribution in [3.63, 3.8) is 0 Å². The Morgan fingerprint density at radius 2 is 2.24 bits per heavy atom. The number of carbonyl (C=O) groups is 1. The summed E-state index contributed by atoms with van der Waals surface area (Å²) < 4.78 is 28.1. The van der Waals surface area contributed by atoms with Crippen molar-refractivity contribution in [2.75, 3.05) is 24.7 Å². The first-order valence-corrected chi connectivity index (χ1v) is 8.71. The second-order valence-electron chi connectivity index (χ2n) is 5.17. The number of carbonyl (C=O) groups excluding carboxylic acids is 1. The molecule has 1 atom stereocenters. The number of urea groups is 1. The van der Waals surface area contributed by atoms with Crippen LogP contribution in [0.1, 0.15) is 12.0 Å². The van der Waals surface area contributed by atoms with E-state index in [0.29, 0.717) is 19.6 Å². The van der Waals surface area contributed by atoms with Gasteiger partial charge in [0.15, 0.2) is 9.84 Å². The number of aryl methyl sites for hydroxylation is 1. The molecule has 6 nitrogen and oxygen atoms in total. The second kappa shape index (κ2) is 6.80. The van der Waals surface area contributed by atoms with E-state index in [4.69, 9.17) is 4.74 Å². The molecule has 1 aliphatic rings. The van der Waals surface area contributed by atoms with Crippen LogP contribution >= 0.6 is 0 Å². The molecule has 0 spiro atoms. The fourth-order valence-electron chi connectivity index (χ4n) is 2.18. The van der Waals surface area contributed by atoms with Crippen molar-refractivity contribution in [1.29, 1.82) is 0 Å². The summed E-state index contributed by atoms with van der Waals surface area (Å²) in [7, 11) is -2.97. The number of rotatable bonds is 5. The largest absolute Gasteiger partial charge is 0.492 e. The SMILES string of the molecule is Cc1cccc(OCCNC(=O)N[C@@H]2CCS(=O)(=O)C2)c1. The van der Waals surface area contributed by atoms with E-state index in [0.717, 1.165) is 11.3 Å². The summed E-state index contributed by atoms with van der Waals surface area (Å²) in [6.45, 7) is 2.70. The lowest BCUT2D eigenvalue weighted by atomic mass is 10.2. The van der Waals surface area contributed by atoms with E-state index in [1.54, 1.807) is 0 Å². The molecule has 2 amide bonds. The van der Waals surface area contributed by atoms with Crippen molar-refractivity contribution in [3.05, 3.63) is 29.8 Å². The summed E-state index contributed by atoms with van der Waals surface area (Å²) in [5, 5.41) is 5.31. The Bertz CT molecular complexity index is 601.